The molecule has 0 aliphatic carbocycles. The lowest BCUT2D eigenvalue weighted by atomic mass is 9.96. The fourth-order valence-electron chi connectivity index (χ4n) is 2.51. The molecule has 2 N–H and O–H groups in total. The lowest BCUT2D eigenvalue weighted by molar-refractivity contribution is 0.0742. The molecule has 2 rings (SSSR count). The number of hydrogen-bond acceptors (Lipinski definition) is 5. The molecule has 1 aromatic heterocycles. The number of likely N-dealkylation sites (tertiary alicyclic amines) is 1. The van der Waals surface area contributed by atoms with E-state index in [2.05, 4.69) is 16.9 Å². The minimum atomic E-state index is -0.110. The molecule has 20 heavy (non-hydrogen) atoms. The monoisotopic (exact) mass is 296 g/mol. The smallest absolute Gasteiger partial charge is 0.273 e. The highest BCUT2D eigenvalue weighted by atomic mass is 32.1. The number of aromatic nitrogens is 1. The van der Waals surface area contributed by atoms with Gasteiger partial charge in [0.1, 0.15) is 10.7 Å². The molecular weight excluding hydrogens is 272 g/mol. The lowest BCUT2D eigenvalue weighted by Gasteiger charge is -2.31. The minimum absolute atomic E-state index is 0.00655. The quantitative estimate of drug-likeness (QED) is 0.916. The molecular formula is C14H24N4OS. The zero-order chi connectivity index (χ0) is 14.7. The standard InChI is InChI=1S/C14H24N4OS/c1-10(15)13-16-12(9-20-13)14(19)18(3)8-11-4-6-17(2)7-5-11/h9-11H,4-8,15H2,1-3H3. The second-order valence-electron chi connectivity index (χ2n) is 5.79. The van der Waals surface area contributed by atoms with E-state index in [9.17, 15) is 4.79 Å². The molecule has 5 nitrogen and oxygen atoms in total. The number of hydrogen-bond donors (Lipinski definition) is 1. The first kappa shape index (κ1) is 15.4. The van der Waals surface area contributed by atoms with Gasteiger partial charge >= 0.3 is 0 Å². The van der Waals surface area contributed by atoms with Crippen LogP contribution in [-0.4, -0.2) is 54.4 Å². The van der Waals surface area contributed by atoms with Gasteiger partial charge in [-0.25, -0.2) is 4.98 Å². The van der Waals surface area contributed by atoms with Crippen molar-refractivity contribution in [3.05, 3.63) is 16.1 Å². The Bertz CT molecular complexity index is 452. The van der Waals surface area contributed by atoms with E-state index in [4.69, 9.17) is 5.73 Å². The molecule has 1 aliphatic heterocycles. The second-order valence-corrected chi connectivity index (χ2v) is 6.68. The van der Waals surface area contributed by atoms with Crippen LogP contribution < -0.4 is 5.73 Å². The summed E-state index contributed by atoms with van der Waals surface area (Å²) in [7, 11) is 4.02. The Morgan fingerprint density at radius 3 is 2.80 bits per heavy atom. The SMILES string of the molecule is CC(N)c1nc(C(=O)N(C)CC2CCN(C)CC2)cs1. The van der Waals surface area contributed by atoms with Crippen LogP contribution in [0.2, 0.25) is 0 Å². The first-order valence-electron chi connectivity index (χ1n) is 7.12. The third-order valence-electron chi connectivity index (χ3n) is 3.85. The summed E-state index contributed by atoms with van der Waals surface area (Å²) < 4.78 is 0. The summed E-state index contributed by atoms with van der Waals surface area (Å²) in [5.74, 6) is 0.610. The Morgan fingerprint density at radius 2 is 2.25 bits per heavy atom. The predicted molar refractivity (Wildman–Crippen MR) is 81.9 cm³/mol. The van der Waals surface area contributed by atoms with Crippen molar-refractivity contribution in [1.29, 1.82) is 0 Å². The maximum Gasteiger partial charge on any atom is 0.273 e. The van der Waals surface area contributed by atoms with Gasteiger partial charge in [-0.15, -0.1) is 11.3 Å². The number of carbonyl (C=O) groups excluding carboxylic acids is 1. The maximum absolute atomic E-state index is 12.3. The molecule has 0 saturated carbocycles. The Kier molecular flexibility index (Phi) is 5.12. The Balaban J connectivity index is 1.91. The average Bonchev–Trinajstić information content (AvgIpc) is 2.90. The van der Waals surface area contributed by atoms with Crippen molar-refractivity contribution < 1.29 is 4.79 Å². The number of piperidine rings is 1. The van der Waals surface area contributed by atoms with Crippen LogP contribution in [0.1, 0.15) is 41.3 Å². The van der Waals surface area contributed by atoms with Gasteiger partial charge < -0.3 is 15.5 Å². The maximum atomic E-state index is 12.3. The second kappa shape index (κ2) is 6.65. The van der Waals surface area contributed by atoms with Gasteiger partial charge in [-0.3, -0.25) is 4.79 Å². The van der Waals surface area contributed by atoms with Crippen molar-refractivity contribution in [2.45, 2.75) is 25.8 Å². The molecule has 1 unspecified atom stereocenters. The molecule has 1 aromatic rings. The van der Waals surface area contributed by atoms with Gasteiger partial charge in [0.2, 0.25) is 0 Å². The number of rotatable bonds is 4. The van der Waals surface area contributed by atoms with Gasteiger partial charge in [0, 0.05) is 19.0 Å². The normalized spacial score (nSPS) is 19.0. The molecule has 1 fully saturated rings. The number of thiazole rings is 1. The van der Waals surface area contributed by atoms with E-state index >= 15 is 0 Å². The zero-order valence-corrected chi connectivity index (χ0v) is 13.3. The molecule has 1 atom stereocenters. The van der Waals surface area contributed by atoms with Gasteiger partial charge in [-0.2, -0.15) is 0 Å². The number of nitrogens with zero attached hydrogens (tertiary/aromatic N) is 3. The van der Waals surface area contributed by atoms with E-state index in [1.165, 1.54) is 11.3 Å². The van der Waals surface area contributed by atoms with Gasteiger partial charge in [-0.1, -0.05) is 0 Å². The molecule has 0 bridgehead atoms. The van der Waals surface area contributed by atoms with Gasteiger partial charge in [0.25, 0.3) is 5.91 Å². The van der Waals surface area contributed by atoms with Crippen LogP contribution in [0, 0.1) is 5.92 Å². The van der Waals surface area contributed by atoms with Crippen molar-refractivity contribution in [1.82, 2.24) is 14.8 Å². The van der Waals surface area contributed by atoms with Crippen LogP contribution >= 0.6 is 11.3 Å². The first-order valence-corrected chi connectivity index (χ1v) is 8.00. The Labute approximate surface area is 124 Å². The fourth-order valence-corrected chi connectivity index (χ4v) is 3.26. The molecule has 6 heteroatoms. The van der Waals surface area contributed by atoms with Crippen LogP contribution in [-0.2, 0) is 0 Å². The summed E-state index contributed by atoms with van der Waals surface area (Å²) in [6, 6.07) is -0.110. The third kappa shape index (κ3) is 3.77. The number of amides is 1. The van der Waals surface area contributed by atoms with Crippen molar-refractivity contribution in [2.75, 3.05) is 33.7 Å². The topological polar surface area (TPSA) is 62.5 Å². The van der Waals surface area contributed by atoms with Crippen LogP contribution in [0.25, 0.3) is 0 Å². The predicted octanol–water partition coefficient (Wildman–Crippen LogP) is 1.58. The van der Waals surface area contributed by atoms with Crippen LogP contribution in [0.3, 0.4) is 0 Å². The molecule has 1 saturated heterocycles. The highest BCUT2D eigenvalue weighted by molar-refractivity contribution is 7.09. The van der Waals surface area contributed by atoms with Crippen molar-refractivity contribution in [3.63, 3.8) is 0 Å². The first-order chi connectivity index (χ1) is 9.47. The summed E-state index contributed by atoms with van der Waals surface area (Å²) in [5, 5.41) is 2.63. The molecule has 2 heterocycles. The molecule has 0 aromatic carbocycles. The highest BCUT2D eigenvalue weighted by Crippen LogP contribution is 2.20. The zero-order valence-electron chi connectivity index (χ0n) is 12.5. The molecule has 0 spiro atoms. The third-order valence-corrected chi connectivity index (χ3v) is 4.89. The van der Waals surface area contributed by atoms with Gasteiger partial charge in [0.15, 0.2) is 0 Å². The van der Waals surface area contributed by atoms with E-state index in [1.54, 1.807) is 4.90 Å². The van der Waals surface area contributed by atoms with Crippen LogP contribution in [0.5, 0.6) is 0 Å². The van der Waals surface area contributed by atoms with Crippen molar-refractivity contribution >= 4 is 17.2 Å². The van der Waals surface area contributed by atoms with E-state index in [0.29, 0.717) is 11.6 Å². The summed E-state index contributed by atoms with van der Waals surface area (Å²) in [6.07, 6.45) is 2.33. The average molecular weight is 296 g/mol. The van der Waals surface area contributed by atoms with Crippen LogP contribution in [0.15, 0.2) is 5.38 Å². The fraction of sp³-hybridized carbons (Fsp3) is 0.714. The van der Waals surface area contributed by atoms with Gasteiger partial charge in [-0.05, 0) is 45.8 Å². The van der Waals surface area contributed by atoms with E-state index in [-0.39, 0.29) is 11.9 Å². The Morgan fingerprint density at radius 1 is 1.60 bits per heavy atom. The highest BCUT2D eigenvalue weighted by Gasteiger charge is 2.22. The van der Waals surface area contributed by atoms with E-state index < -0.39 is 0 Å². The van der Waals surface area contributed by atoms with E-state index in [1.807, 2.05) is 19.4 Å². The van der Waals surface area contributed by atoms with Crippen molar-refractivity contribution in [3.8, 4) is 0 Å². The summed E-state index contributed by atoms with van der Waals surface area (Å²) in [6.45, 7) is 4.95. The van der Waals surface area contributed by atoms with E-state index in [0.717, 1.165) is 37.5 Å². The molecule has 1 amide bonds. The Hall–Kier alpha value is -0.980. The van der Waals surface area contributed by atoms with Crippen molar-refractivity contribution in [2.24, 2.45) is 11.7 Å². The number of nitrogens with two attached hydrogens (primary N) is 1. The van der Waals surface area contributed by atoms with Gasteiger partial charge in [0.05, 0.1) is 6.04 Å². The largest absolute Gasteiger partial charge is 0.340 e. The lowest BCUT2D eigenvalue weighted by Crippen LogP contribution is -2.38. The molecule has 112 valence electrons. The summed E-state index contributed by atoms with van der Waals surface area (Å²) in [4.78, 5) is 20.8. The number of carbonyl (C=O) groups is 1. The molecule has 0 radical (unpaired) electrons. The summed E-state index contributed by atoms with van der Waals surface area (Å²) in [5.41, 5.74) is 6.31. The van der Waals surface area contributed by atoms with Crippen LogP contribution in [0.4, 0.5) is 0 Å². The minimum Gasteiger partial charge on any atom is -0.340 e. The molecule has 1 aliphatic rings. The summed E-state index contributed by atoms with van der Waals surface area (Å²) >= 11 is 1.46.